The molecule has 0 aliphatic carbocycles. The van der Waals surface area contributed by atoms with Crippen LogP contribution < -0.4 is 16.7 Å². The largest absolute Gasteiger partial charge is 0.381 e. The predicted molar refractivity (Wildman–Crippen MR) is 114 cm³/mol. The number of nitrogens with zero attached hydrogens (tertiary/aromatic N) is 4. The highest BCUT2D eigenvalue weighted by Crippen LogP contribution is 2.26. The van der Waals surface area contributed by atoms with Gasteiger partial charge in [-0.2, -0.15) is 4.98 Å². The number of ether oxygens (including phenoxy) is 1. The number of hydrogen-bond donors (Lipinski definition) is 2. The topological polar surface area (TPSA) is 117 Å². The quantitative estimate of drug-likeness (QED) is 0.660. The Morgan fingerprint density at radius 1 is 1.29 bits per heavy atom. The van der Waals surface area contributed by atoms with E-state index in [2.05, 4.69) is 15.3 Å². The van der Waals surface area contributed by atoms with E-state index in [0.29, 0.717) is 35.6 Å². The summed E-state index contributed by atoms with van der Waals surface area (Å²) in [5, 5.41) is 2.99. The maximum absolute atomic E-state index is 14.2. The molecule has 0 spiro atoms. The van der Waals surface area contributed by atoms with Crippen LogP contribution in [0.5, 0.6) is 0 Å². The maximum atomic E-state index is 14.2. The van der Waals surface area contributed by atoms with E-state index in [1.165, 1.54) is 12.1 Å². The normalized spacial score (nSPS) is 15.6. The number of hydrogen-bond acceptors (Lipinski definition) is 6. The Hall–Kier alpha value is -3.27. The fourth-order valence-electron chi connectivity index (χ4n) is 4.00. The van der Waals surface area contributed by atoms with Gasteiger partial charge < -0.3 is 15.8 Å². The molecule has 0 saturated carbocycles. The molecule has 1 saturated heterocycles. The smallest absolute Gasteiger partial charge is 0.330 e. The van der Waals surface area contributed by atoms with Crippen molar-refractivity contribution in [1.29, 1.82) is 0 Å². The second-order valence-corrected chi connectivity index (χ2v) is 7.80. The van der Waals surface area contributed by atoms with E-state index < -0.39 is 11.7 Å². The Kier molecular flexibility index (Phi) is 5.73. The molecule has 1 aliphatic rings. The van der Waals surface area contributed by atoms with Gasteiger partial charge in [-0.15, -0.1) is 0 Å². The number of aromatic nitrogens is 4. The molecule has 0 atom stereocenters. The van der Waals surface area contributed by atoms with Crippen LogP contribution in [-0.2, 0) is 11.8 Å². The van der Waals surface area contributed by atoms with E-state index in [1.807, 2.05) is 0 Å². The number of anilines is 2. The molecule has 1 aromatic carbocycles. The molecule has 164 valence electrons. The molecule has 10 heteroatoms. The van der Waals surface area contributed by atoms with Crippen molar-refractivity contribution >= 4 is 28.7 Å². The summed E-state index contributed by atoms with van der Waals surface area (Å²) in [6, 6.07) is 2.60. The summed E-state index contributed by atoms with van der Waals surface area (Å²) in [6.45, 7) is 3.09. The van der Waals surface area contributed by atoms with Gasteiger partial charge in [-0.3, -0.25) is 13.9 Å². The average Bonchev–Trinajstić information content (AvgIpc) is 2.94. The molecule has 1 fully saturated rings. The monoisotopic (exact) mass is 428 g/mol. The number of fused-ring (bicyclic) bond motifs is 1. The summed E-state index contributed by atoms with van der Waals surface area (Å²) in [5.74, 6) is -1.33. The number of carbonyl (C=O) groups is 1. The Morgan fingerprint density at radius 2 is 2.00 bits per heavy atom. The highest BCUT2D eigenvalue weighted by molar-refractivity contribution is 5.94. The van der Waals surface area contributed by atoms with Crippen molar-refractivity contribution in [3.05, 3.63) is 45.8 Å². The molecule has 3 heterocycles. The van der Waals surface area contributed by atoms with Gasteiger partial charge in [0.25, 0.3) is 5.91 Å². The van der Waals surface area contributed by atoms with Crippen LogP contribution in [0.1, 0.15) is 47.6 Å². The highest BCUT2D eigenvalue weighted by atomic mass is 19.1. The number of amides is 1. The van der Waals surface area contributed by atoms with Gasteiger partial charge in [-0.1, -0.05) is 0 Å². The first kappa shape index (κ1) is 21.0. The van der Waals surface area contributed by atoms with Gasteiger partial charge in [0.1, 0.15) is 11.3 Å². The van der Waals surface area contributed by atoms with Crippen molar-refractivity contribution in [3.63, 3.8) is 0 Å². The second kappa shape index (κ2) is 8.46. The van der Waals surface area contributed by atoms with Crippen LogP contribution in [0.2, 0.25) is 0 Å². The minimum atomic E-state index is -0.831. The van der Waals surface area contributed by atoms with Crippen molar-refractivity contribution in [2.45, 2.75) is 38.6 Å². The summed E-state index contributed by atoms with van der Waals surface area (Å²) in [4.78, 5) is 33.2. The standard InChI is InChI=1S/C21H25FN6O3/c1-12-9-14(18(23)29)15(22)10-16(12)25-20-24-11-17-19(26-20)28(21(30)27(17)2)13-5-3-7-31-8-4-6-13/h9-11,13H,3-8H2,1-2H3,(H2,23,29)(H,24,25,26). The molecule has 31 heavy (non-hydrogen) atoms. The molecule has 3 aromatic rings. The van der Waals surface area contributed by atoms with Crippen molar-refractivity contribution in [2.75, 3.05) is 18.5 Å². The summed E-state index contributed by atoms with van der Waals surface area (Å²) < 4.78 is 23.0. The van der Waals surface area contributed by atoms with Gasteiger partial charge in [0, 0.05) is 32.0 Å². The minimum absolute atomic E-state index is 0.0249. The number of carbonyl (C=O) groups excluding carboxylic acids is 1. The molecule has 1 amide bonds. The molecule has 1 aliphatic heterocycles. The molecule has 2 aromatic heterocycles. The van der Waals surface area contributed by atoms with E-state index in [9.17, 15) is 14.0 Å². The number of benzene rings is 1. The van der Waals surface area contributed by atoms with Gasteiger partial charge in [0.05, 0.1) is 11.8 Å². The zero-order chi connectivity index (χ0) is 22.1. The lowest BCUT2D eigenvalue weighted by Crippen LogP contribution is -2.27. The lowest BCUT2D eigenvalue weighted by atomic mass is 10.0. The van der Waals surface area contributed by atoms with Gasteiger partial charge in [0.15, 0.2) is 5.65 Å². The van der Waals surface area contributed by atoms with Gasteiger partial charge in [-0.25, -0.2) is 14.2 Å². The van der Waals surface area contributed by atoms with Crippen LogP contribution in [0.3, 0.4) is 0 Å². The molecule has 0 unspecified atom stereocenters. The van der Waals surface area contributed by atoms with Gasteiger partial charge in [-0.05, 0) is 50.3 Å². The third-order valence-corrected chi connectivity index (χ3v) is 5.68. The zero-order valence-corrected chi connectivity index (χ0v) is 17.5. The summed E-state index contributed by atoms with van der Waals surface area (Å²) in [7, 11) is 1.70. The first-order chi connectivity index (χ1) is 14.9. The molecule has 3 N–H and O–H groups in total. The Labute approximate surface area is 178 Å². The van der Waals surface area contributed by atoms with E-state index >= 15 is 0 Å². The number of rotatable bonds is 4. The van der Waals surface area contributed by atoms with Crippen LogP contribution in [-0.4, -0.2) is 38.2 Å². The lowest BCUT2D eigenvalue weighted by molar-refractivity contribution is 0.0996. The first-order valence-corrected chi connectivity index (χ1v) is 10.3. The zero-order valence-electron chi connectivity index (χ0n) is 17.5. The fourth-order valence-corrected chi connectivity index (χ4v) is 4.00. The number of aryl methyl sites for hydroxylation is 2. The number of nitrogens with one attached hydrogen (secondary N) is 1. The fraction of sp³-hybridized carbons (Fsp3) is 0.429. The number of imidazole rings is 1. The Morgan fingerprint density at radius 3 is 2.68 bits per heavy atom. The van der Waals surface area contributed by atoms with Crippen LogP contribution in [0.4, 0.5) is 16.0 Å². The van der Waals surface area contributed by atoms with E-state index in [-0.39, 0.29) is 23.2 Å². The molecule has 4 rings (SSSR count). The van der Waals surface area contributed by atoms with Crippen molar-refractivity contribution < 1.29 is 13.9 Å². The molecule has 9 nitrogen and oxygen atoms in total. The first-order valence-electron chi connectivity index (χ1n) is 10.3. The van der Waals surface area contributed by atoms with Crippen molar-refractivity contribution in [3.8, 4) is 0 Å². The highest BCUT2D eigenvalue weighted by Gasteiger charge is 2.22. The SMILES string of the molecule is Cc1cc(C(N)=O)c(F)cc1Nc1ncc2c(n1)n(C1CCCOCCC1)c(=O)n2C. The number of primary amides is 1. The van der Waals surface area contributed by atoms with Crippen LogP contribution in [0, 0.1) is 12.7 Å². The van der Waals surface area contributed by atoms with E-state index in [0.717, 1.165) is 25.7 Å². The van der Waals surface area contributed by atoms with Crippen LogP contribution in [0.25, 0.3) is 11.2 Å². The van der Waals surface area contributed by atoms with Gasteiger partial charge >= 0.3 is 5.69 Å². The van der Waals surface area contributed by atoms with E-state index in [4.69, 9.17) is 10.5 Å². The van der Waals surface area contributed by atoms with Crippen LogP contribution >= 0.6 is 0 Å². The predicted octanol–water partition coefficient (Wildman–Crippen LogP) is 2.55. The number of halogens is 1. The van der Waals surface area contributed by atoms with Crippen LogP contribution in [0.15, 0.2) is 23.1 Å². The maximum Gasteiger partial charge on any atom is 0.330 e. The molecule has 0 bridgehead atoms. The summed E-state index contributed by atoms with van der Waals surface area (Å²) in [6.07, 6.45) is 4.97. The third kappa shape index (κ3) is 4.02. The lowest BCUT2D eigenvalue weighted by Gasteiger charge is -2.21. The Balaban J connectivity index is 1.73. The minimum Gasteiger partial charge on any atom is -0.381 e. The molecule has 0 radical (unpaired) electrons. The van der Waals surface area contributed by atoms with Crippen molar-refractivity contribution in [1.82, 2.24) is 19.1 Å². The second-order valence-electron chi connectivity index (χ2n) is 7.80. The van der Waals surface area contributed by atoms with Crippen molar-refractivity contribution in [2.24, 2.45) is 12.8 Å². The molecular weight excluding hydrogens is 403 g/mol. The number of nitrogens with two attached hydrogens (primary N) is 1. The third-order valence-electron chi connectivity index (χ3n) is 5.68. The summed E-state index contributed by atoms with van der Waals surface area (Å²) in [5.41, 5.74) is 7.08. The average molecular weight is 428 g/mol. The summed E-state index contributed by atoms with van der Waals surface area (Å²) >= 11 is 0. The Bertz CT molecular complexity index is 1190. The molecular formula is C21H25FN6O3. The van der Waals surface area contributed by atoms with Gasteiger partial charge in [0.2, 0.25) is 5.95 Å². The van der Waals surface area contributed by atoms with E-state index in [1.54, 1.807) is 29.3 Å².